The number of rotatable bonds is 8. The standard InChI is InChI=1S/C23H19N3O8S/c27-11-16-17(10-13-4-2-1-3-5-13)35-22-19(21(29)25(22)20(16)23(30)31)24-18(28)12-34-15-8-6-14(7-9-15)26(32)33/h1-9,17,19-20,22H,10,12H2,(H,24,28)(H,30,31)/t17?,19?,20?,22-/m1/s1. The number of carboxylic acid groups (broad SMARTS) is 1. The molecule has 0 bridgehead atoms. The summed E-state index contributed by atoms with van der Waals surface area (Å²) in [4.78, 5) is 60.0. The van der Waals surface area contributed by atoms with Gasteiger partial charge in [0.2, 0.25) is 5.91 Å². The van der Waals surface area contributed by atoms with Crippen molar-refractivity contribution < 1.29 is 33.9 Å². The van der Waals surface area contributed by atoms with Crippen molar-refractivity contribution in [3.63, 3.8) is 0 Å². The molecule has 2 amide bonds. The van der Waals surface area contributed by atoms with Gasteiger partial charge >= 0.3 is 5.97 Å². The Morgan fingerprint density at radius 2 is 1.86 bits per heavy atom. The van der Waals surface area contributed by atoms with Crippen LogP contribution in [0, 0.1) is 10.1 Å². The molecule has 0 spiro atoms. The highest BCUT2D eigenvalue weighted by Gasteiger charge is 2.59. The van der Waals surface area contributed by atoms with Gasteiger partial charge in [0.15, 0.2) is 12.6 Å². The molecule has 180 valence electrons. The van der Waals surface area contributed by atoms with Crippen LogP contribution in [0.25, 0.3) is 0 Å². The molecule has 2 aliphatic rings. The molecule has 2 aliphatic heterocycles. The Morgan fingerprint density at radius 1 is 1.17 bits per heavy atom. The molecule has 2 aromatic carbocycles. The molecule has 2 fully saturated rings. The zero-order valence-corrected chi connectivity index (χ0v) is 18.8. The van der Waals surface area contributed by atoms with E-state index in [-0.39, 0.29) is 17.0 Å². The van der Waals surface area contributed by atoms with E-state index in [9.17, 15) is 34.4 Å². The molecule has 0 aromatic heterocycles. The molecule has 2 saturated heterocycles. The van der Waals surface area contributed by atoms with Gasteiger partial charge in [-0.25, -0.2) is 9.59 Å². The first-order valence-electron chi connectivity index (χ1n) is 10.5. The van der Waals surface area contributed by atoms with Crippen molar-refractivity contribution >= 4 is 41.2 Å². The summed E-state index contributed by atoms with van der Waals surface area (Å²) in [6, 6.07) is 11.9. The van der Waals surface area contributed by atoms with Crippen LogP contribution in [0.4, 0.5) is 5.69 Å². The van der Waals surface area contributed by atoms with Gasteiger partial charge in [0.05, 0.1) is 10.5 Å². The predicted molar refractivity (Wildman–Crippen MR) is 123 cm³/mol. The van der Waals surface area contributed by atoms with Gasteiger partial charge in [-0.15, -0.1) is 11.8 Å². The van der Waals surface area contributed by atoms with Crippen molar-refractivity contribution in [3.05, 3.63) is 75.8 Å². The number of amides is 2. The van der Waals surface area contributed by atoms with E-state index < -0.39 is 52.0 Å². The summed E-state index contributed by atoms with van der Waals surface area (Å²) in [7, 11) is 0. The molecule has 0 saturated carbocycles. The lowest BCUT2D eigenvalue weighted by Gasteiger charge is -2.53. The van der Waals surface area contributed by atoms with E-state index in [0.717, 1.165) is 10.5 Å². The third kappa shape index (κ3) is 4.88. The molecule has 35 heavy (non-hydrogen) atoms. The lowest BCUT2D eigenvalue weighted by molar-refractivity contribution is -0.384. The number of non-ortho nitro benzene ring substituents is 1. The van der Waals surface area contributed by atoms with Crippen molar-refractivity contribution in [2.75, 3.05) is 6.61 Å². The number of benzene rings is 2. The van der Waals surface area contributed by atoms with Crippen LogP contribution in [-0.2, 0) is 25.6 Å². The number of carboxylic acids is 1. The second-order valence-electron chi connectivity index (χ2n) is 7.83. The maximum atomic E-state index is 12.7. The first-order chi connectivity index (χ1) is 16.8. The van der Waals surface area contributed by atoms with E-state index in [0.29, 0.717) is 6.42 Å². The summed E-state index contributed by atoms with van der Waals surface area (Å²) in [5.41, 5.74) is 0.735. The Hall–Kier alpha value is -4.15. The largest absolute Gasteiger partial charge is 0.484 e. The summed E-state index contributed by atoms with van der Waals surface area (Å²) in [5, 5.41) is 21.8. The van der Waals surface area contributed by atoms with Gasteiger partial charge in [-0.3, -0.25) is 19.7 Å². The summed E-state index contributed by atoms with van der Waals surface area (Å²) in [5.74, 6) is -0.614. The number of nitrogens with one attached hydrogen (secondary N) is 1. The van der Waals surface area contributed by atoms with Gasteiger partial charge in [-0.05, 0) is 24.1 Å². The molecule has 0 radical (unpaired) electrons. The molecule has 11 nitrogen and oxygen atoms in total. The minimum atomic E-state index is -1.45. The Balaban J connectivity index is 1.44. The number of aliphatic carboxylic acids is 1. The van der Waals surface area contributed by atoms with E-state index in [4.69, 9.17) is 4.74 Å². The quantitative estimate of drug-likeness (QED) is 0.237. The number of carbonyl (C=O) groups excluding carboxylic acids is 3. The van der Waals surface area contributed by atoms with Crippen LogP contribution >= 0.6 is 11.8 Å². The molecular weight excluding hydrogens is 478 g/mol. The fourth-order valence-electron chi connectivity index (χ4n) is 3.99. The monoisotopic (exact) mass is 497 g/mol. The Bertz CT molecular complexity index is 1210. The molecule has 12 heteroatoms. The third-order valence-corrected chi connectivity index (χ3v) is 7.18. The van der Waals surface area contributed by atoms with Crippen LogP contribution in [0.3, 0.4) is 0 Å². The molecule has 4 atom stereocenters. The SMILES string of the molecule is O=C=C1C(Cc2ccccc2)S[C@@H]2C(NC(=O)COc3ccc([N+](=O)[O-])cc3)C(=O)N2C1C(=O)O. The number of β-lactam (4-membered cyclic amide) rings is 1. The minimum absolute atomic E-state index is 0.0257. The number of nitro groups is 1. The third-order valence-electron chi connectivity index (χ3n) is 5.65. The van der Waals surface area contributed by atoms with Crippen molar-refractivity contribution in [1.82, 2.24) is 10.2 Å². The molecule has 4 rings (SSSR count). The number of carbonyl (C=O) groups is 3. The maximum absolute atomic E-state index is 12.7. The molecule has 0 aliphatic carbocycles. The number of hydrogen-bond acceptors (Lipinski definition) is 8. The first-order valence-corrected chi connectivity index (χ1v) is 11.4. The van der Waals surface area contributed by atoms with Gasteiger partial charge in [-0.2, -0.15) is 0 Å². The number of fused-ring (bicyclic) bond motifs is 1. The number of nitrogens with zero attached hydrogens (tertiary/aromatic N) is 2. The highest BCUT2D eigenvalue weighted by Crippen LogP contribution is 2.45. The highest BCUT2D eigenvalue weighted by molar-refractivity contribution is 8.01. The van der Waals surface area contributed by atoms with Gasteiger partial charge in [-0.1, -0.05) is 30.3 Å². The van der Waals surface area contributed by atoms with Gasteiger partial charge in [0.25, 0.3) is 11.6 Å². The number of thioether (sulfide) groups is 1. The van der Waals surface area contributed by atoms with Gasteiger partial charge in [0, 0.05) is 17.4 Å². The van der Waals surface area contributed by atoms with Crippen molar-refractivity contribution in [2.45, 2.75) is 29.1 Å². The number of ether oxygens (including phenoxy) is 1. The minimum Gasteiger partial charge on any atom is -0.484 e. The van der Waals surface area contributed by atoms with Crippen molar-refractivity contribution in [2.24, 2.45) is 0 Å². The zero-order chi connectivity index (χ0) is 25.1. The Kier molecular flexibility index (Phi) is 6.85. The predicted octanol–water partition coefficient (Wildman–Crippen LogP) is 1.20. The van der Waals surface area contributed by atoms with Crippen molar-refractivity contribution in [3.8, 4) is 5.75 Å². The van der Waals surface area contributed by atoms with Gasteiger partial charge < -0.3 is 20.1 Å². The second-order valence-corrected chi connectivity index (χ2v) is 9.16. The van der Waals surface area contributed by atoms with Crippen LogP contribution < -0.4 is 10.1 Å². The zero-order valence-electron chi connectivity index (χ0n) is 18.0. The first kappa shape index (κ1) is 24.0. The van der Waals surface area contributed by atoms with Crippen LogP contribution in [0.1, 0.15) is 5.56 Å². The summed E-state index contributed by atoms with van der Waals surface area (Å²) in [6.07, 6.45) is 0.363. The van der Waals surface area contributed by atoms with E-state index in [1.807, 2.05) is 30.3 Å². The van der Waals surface area contributed by atoms with Crippen LogP contribution in [0.15, 0.2) is 60.2 Å². The Labute approximate surface area is 202 Å². The van der Waals surface area contributed by atoms with Crippen LogP contribution in [-0.4, -0.2) is 68.0 Å². The Morgan fingerprint density at radius 3 is 2.46 bits per heavy atom. The topological polar surface area (TPSA) is 156 Å². The second kappa shape index (κ2) is 10.00. The number of hydrogen-bond donors (Lipinski definition) is 2. The summed E-state index contributed by atoms with van der Waals surface area (Å²) in [6.45, 7) is -0.450. The average molecular weight is 497 g/mol. The summed E-state index contributed by atoms with van der Waals surface area (Å²) < 4.78 is 5.32. The molecule has 2 aromatic rings. The molecule has 2 heterocycles. The molecular formula is C23H19N3O8S. The fourth-order valence-corrected chi connectivity index (χ4v) is 5.64. The van der Waals surface area contributed by atoms with E-state index in [1.165, 1.54) is 36.0 Å². The highest BCUT2D eigenvalue weighted by atomic mass is 32.2. The number of nitro benzene ring substituents is 1. The average Bonchev–Trinajstić information content (AvgIpc) is 2.86. The van der Waals surface area contributed by atoms with E-state index >= 15 is 0 Å². The van der Waals surface area contributed by atoms with Crippen LogP contribution in [0.5, 0.6) is 5.75 Å². The molecule has 3 unspecified atom stereocenters. The van der Waals surface area contributed by atoms with Crippen LogP contribution in [0.2, 0.25) is 0 Å². The fraction of sp³-hybridized carbons (Fsp3) is 0.261. The van der Waals surface area contributed by atoms with E-state index in [1.54, 1.807) is 5.94 Å². The maximum Gasteiger partial charge on any atom is 0.331 e. The lowest BCUT2D eigenvalue weighted by Crippen LogP contribution is -2.75. The van der Waals surface area contributed by atoms with Gasteiger partial charge in [0.1, 0.15) is 23.1 Å². The normalized spacial score (nSPS) is 22.9. The lowest BCUT2D eigenvalue weighted by atomic mass is 9.93. The van der Waals surface area contributed by atoms with Crippen molar-refractivity contribution in [1.29, 1.82) is 0 Å². The van der Waals surface area contributed by atoms with E-state index in [2.05, 4.69) is 5.32 Å². The molecule has 2 N–H and O–H groups in total. The smallest absolute Gasteiger partial charge is 0.331 e. The summed E-state index contributed by atoms with van der Waals surface area (Å²) >= 11 is 1.23.